The van der Waals surface area contributed by atoms with E-state index in [0.717, 1.165) is 24.8 Å². The number of amides is 1. The molecule has 26 heavy (non-hydrogen) atoms. The van der Waals surface area contributed by atoms with Crippen molar-refractivity contribution in [3.05, 3.63) is 40.4 Å². The van der Waals surface area contributed by atoms with Crippen molar-refractivity contribution in [1.29, 1.82) is 0 Å². The highest BCUT2D eigenvalue weighted by molar-refractivity contribution is 7.13. The van der Waals surface area contributed by atoms with E-state index < -0.39 is 5.97 Å². The molecule has 0 spiro atoms. The third-order valence-corrected chi connectivity index (χ3v) is 5.72. The van der Waals surface area contributed by atoms with Crippen LogP contribution in [0.15, 0.2) is 29.6 Å². The highest BCUT2D eigenvalue weighted by Crippen LogP contribution is 2.26. The number of nitrogens with zero attached hydrogens (tertiary/aromatic N) is 2. The van der Waals surface area contributed by atoms with Crippen LogP contribution in [0.4, 0.5) is 0 Å². The van der Waals surface area contributed by atoms with Gasteiger partial charge in [0.05, 0.1) is 0 Å². The highest BCUT2D eigenvalue weighted by atomic mass is 35.5. The lowest BCUT2D eigenvalue weighted by Crippen LogP contribution is -2.49. The number of hydrogen-bond acceptors (Lipinski definition) is 5. The van der Waals surface area contributed by atoms with E-state index in [0.29, 0.717) is 10.0 Å². The lowest BCUT2D eigenvalue weighted by Gasteiger charge is -2.38. The number of rotatable bonds is 4. The predicted molar refractivity (Wildman–Crippen MR) is 102 cm³/mol. The van der Waals surface area contributed by atoms with Crippen molar-refractivity contribution in [2.24, 2.45) is 0 Å². The predicted octanol–water partition coefficient (Wildman–Crippen LogP) is 4.41. The van der Waals surface area contributed by atoms with Crippen molar-refractivity contribution < 1.29 is 14.3 Å². The normalized spacial score (nSPS) is 20.0. The minimum atomic E-state index is -0.583. The quantitative estimate of drug-likeness (QED) is 0.723. The first kappa shape index (κ1) is 18.9. The first-order valence-corrected chi connectivity index (χ1v) is 9.91. The van der Waals surface area contributed by atoms with E-state index in [-0.39, 0.29) is 30.3 Å². The lowest BCUT2D eigenvalue weighted by atomic mass is 9.97. The highest BCUT2D eigenvalue weighted by Gasteiger charge is 2.29. The molecule has 0 radical (unpaired) electrons. The number of thiazole rings is 1. The van der Waals surface area contributed by atoms with Gasteiger partial charge in [0.2, 0.25) is 0 Å². The second-order valence-corrected chi connectivity index (χ2v) is 7.85. The van der Waals surface area contributed by atoms with Crippen molar-refractivity contribution in [1.82, 2.24) is 9.88 Å². The number of hydrogen-bond donors (Lipinski definition) is 0. The third kappa shape index (κ3) is 4.24. The Labute approximate surface area is 161 Å². The van der Waals surface area contributed by atoms with Crippen molar-refractivity contribution >= 4 is 34.8 Å². The van der Waals surface area contributed by atoms with Gasteiger partial charge in [-0.15, -0.1) is 11.3 Å². The monoisotopic (exact) mass is 392 g/mol. The van der Waals surface area contributed by atoms with Crippen LogP contribution in [0.3, 0.4) is 0 Å². The van der Waals surface area contributed by atoms with Crippen LogP contribution in [0.1, 0.15) is 43.6 Å². The molecule has 2 aromatic rings. The van der Waals surface area contributed by atoms with Crippen LogP contribution in [0.25, 0.3) is 10.6 Å². The molecular formula is C19H21ClN2O3S. The smallest absolute Gasteiger partial charge is 0.358 e. The van der Waals surface area contributed by atoms with Crippen LogP contribution in [0.2, 0.25) is 5.02 Å². The molecule has 1 aromatic heterocycles. The molecule has 0 aliphatic carbocycles. The summed E-state index contributed by atoms with van der Waals surface area (Å²) in [5.41, 5.74) is 1.05. The maximum Gasteiger partial charge on any atom is 0.358 e. The van der Waals surface area contributed by atoms with Gasteiger partial charge in [0.1, 0.15) is 5.01 Å². The van der Waals surface area contributed by atoms with Crippen molar-refractivity contribution in [3.63, 3.8) is 0 Å². The Kier molecular flexibility index (Phi) is 5.94. The van der Waals surface area contributed by atoms with Crippen molar-refractivity contribution in [3.8, 4) is 10.6 Å². The van der Waals surface area contributed by atoms with E-state index in [9.17, 15) is 9.59 Å². The fourth-order valence-electron chi connectivity index (χ4n) is 3.31. The maximum absolute atomic E-state index is 12.4. The minimum Gasteiger partial charge on any atom is -0.451 e. The molecule has 7 heteroatoms. The fourth-order valence-corrected chi connectivity index (χ4v) is 4.29. The lowest BCUT2D eigenvalue weighted by molar-refractivity contribution is -0.140. The van der Waals surface area contributed by atoms with Gasteiger partial charge in [-0.2, -0.15) is 0 Å². The van der Waals surface area contributed by atoms with Crippen LogP contribution >= 0.6 is 22.9 Å². The summed E-state index contributed by atoms with van der Waals surface area (Å²) in [6.45, 7) is 3.82. The van der Waals surface area contributed by atoms with E-state index in [1.54, 1.807) is 17.5 Å². The first-order chi connectivity index (χ1) is 12.5. The van der Waals surface area contributed by atoms with Crippen LogP contribution in [0.5, 0.6) is 0 Å². The van der Waals surface area contributed by atoms with Crippen LogP contribution < -0.4 is 0 Å². The molecular weight excluding hydrogens is 372 g/mol. The Morgan fingerprint density at radius 2 is 2.04 bits per heavy atom. The molecule has 0 bridgehead atoms. The molecule has 3 rings (SSSR count). The molecule has 1 aliphatic rings. The summed E-state index contributed by atoms with van der Waals surface area (Å²) in [6, 6.07) is 7.64. The number of aromatic nitrogens is 1. The Bertz CT molecular complexity index is 798. The van der Waals surface area contributed by atoms with Crippen LogP contribution in [0, 0.1) is 0 Å². The molecule has 1 amide bonds. The SMILES string of the molecule is C[C@H]1CCC[C@H](C)N1C(=O)COC(=O)c1csc(-c2cccc(Cl)c2)n1. The Morgan fingerprint density at radius 1 is 1.31 bits per heavy atom. The molecule has 0 unspecified atom stereocenters. The Hall–Kier alpha value is -1.92. The summed E-state index contributed by atoms with van der Waals surface area (Å²) >= 11 is 7.33. The van der Waals surface area contributed by atoms with Gasteiger partial charge in [0.25, 0.3) is 5.91 Å². The van der Waals surface area contributed by atoms with Gasteiger partial charge in [-0.05, 0) is 45.2 Å². The van der Waals surface area contributed by atoms with Gasteiger partial charge in [-0.25, -0.2) is 9.78 Å². The van der Waals surface area contributed by atoms with E-state index in [1.165, 1.54) is 11.3 Å². The average molecular weight is 393 g/mol. The van der Waals surface area contributed by atoms with Crippen LogP contribution in [-0.2, 0) is 9.53 Å². The number of piperidine rings is 1. The standard InChI is InChI=1S/C19H21ClN2O3S/c1-12-5-3-6-13(2)22(12)17(23)10-25-19(24)16-11-26-18(21-16)14-7-4-8-15(20)9-14/h4,7-9,11-13H,3,5-6,10H2,1-2H3/t12-,13-/m0/s1. The number of benzene rings is 1. The third-order valence-electron chi connectivity index (χ3n) is 4.59. The molecule has 2 heterocycles. The number of esters is 1. The number of halogens is 1. The number of likely N-dealkylation sites (tertiary alicyclic amines) is 1. The van der Waals surface area contributed by atoms with E-state index in [4.69, 9.17) is 16.3 Å². The second-order valence-electron chi connectivity index (χ2n) is 6.55. The largest absolute Gasteiger partial charge is 0.451 e. The van der Waals surface area contributed by atoms with E-state index >= 15 is 0 Å². The molecule has 0 N–H and O–H groups in total. The molecule has 0 saturated carbocycles. The molecule has 5 nitrogen and oxygen atoms in total. The van der Waals surface area contributed by atoms with Gasteiger partial charge in [-0.3, -0.25) is 4.79 Å². The Balaban J connectivity index is 1.61. The first-order valence-electron chi connectivity index (χ1n) is 8.65. The van der Waals surface area contributed by atoms with E-state index in [2.05, 4.69) is 4.98 Å². The average Bonchev–Trinajstić information content (AvgIpc) is 3.10. The molecule has 1 aromatic carbocycles. The summed E-state index contributed by atoms with van der Waals surface area (Å²) < 4.78 is 5.20. The van der Waals surface area contributed by atoms with Crippen LogP contribution in [-0.4, -0.2) is 40.5 Å². The maximum atomic E-state index is 12.4. The number of carbonyl (C=O) groups is 2. The summed E-state index contributed by atoms with van der Waals surface area (Å²) in [7, 11) is 0. The zero-order valence-electron chi connectivity index (χ0n) is 14.8. The molecule has 138 valence electrons. The topological polar surface area (TPSA) is 59.5 Å². The zero-order chi connectivity index (χ0) is 18.7. The zero-order valence-corrected chi connectivity index (χ0v) is 16.3. The van der Waals surface area contributed by atoms with Gasteiger partial charge in [0, 0.05) is 28.0 Å². The second kappa shape index (κ2) is 8.18. The Morgan fingerprint density at radius 3 is 2.73 bits per heavy atom. The summed E-state index contributed by atoms with van der Waals surface area (Å²) in [4.78, 5) is 30.8. The minimum absolute atomic E-state index is 0.150. The summed E-state index contributed by atoms with van der Waals surface area (Å²) in [5, 5.41) is 2.93. The van der Waals surface area contributed by atoms with Crippen molar-refractivity contribution in [2.75, 3.05) is 6.61 Å². The fraction of sp³-hybridized carbons (Fsp3) is 0.421. The van der Waals surface area contributed by atoms with Gasteiger partial charge < -0.3 is 9.64 Å². The molecule has 1 aliphatic heterocycles. The molecule has 1 fully saturated rings. The number of ether oxygens (including phenoxy) is 1. The summed E-state index contributed by atoms with van der Waals surface area (Å²) in [6.07, 6.45) is 3.09. The molecule has 2 atom stereocenters. The van der Waals surface area contributed by atoms with Gasteiger partial charge >= 0.3 is 5.97 Å². The molecule has 1 saturated heterocycles. The van der Waals surface area contributed by atoms with Gasteiger partial charge in [-0.1, -0.05) is 23.7 Å². The summed E-state index contributed by atoms with van der Waals surface area (Å²) in [5.74, 6) is -0.733. The van der Waals surface area contributed by atoms with Gasteiger partial charge in [0.15, 0.2) is 12.3 Å². The number of carbonyl (C=O) groups excluding carboxylic acids is 2. The van der Waals surface area contributed by atoms with E-state index in [1.807, 2.05) is 30.9 Å². The van der Waals surface area contributed by atoms with Crippen molar-refractivity contribution in [2.45, 2.75) is 45.2 Å².